The Bertz CT molecular complexity index is 833. The van der Waals surface area contributed by atoms with Gasteiger partial charge in [-0.3, -0.25) is 0 Å². The first-order valence-corrected chi connectivity index (χ1v) is 14.1. The van der Waals surface area contributed by atoms with E-state index in [1.54, 1.807) is 0 Å². The van der Waals surface area contributed by atoms with Gasteiger partial charge in [0.05, 0.1) is 0 Å². The van der Waals surface area contributed by atoms with Crippen molar-refractivity contribution in [3.8, 4) is 0 Å². The van der Waals surface area contributed by atoms with E-state index >= 15 is 0 Å². The summed E-state index contributed by atoms with van der Waals surface area (Å²) in [5.74, 6) is 0.773. The fraction of sp³-hybridized carbons (Fsp3) is 0.486. The van der Waals surface area contributed by atoms with E-state index in [1.807, 2.05) is 19.9 Å². The summed E-state index contributed by atoms with van der Waals surface area (Å²) in [5.41, 5.74) is 8.57. The van der Waals surface area contributed by atoms with E-state index in [1.165, 1.54) is 78.4 Å². The lowest BCUT2D eigenvalue weighted by atomic mass is 9.93. The molecule has 0 radical (unpaired) electrons. The maximum atomic E-state index is 3.94. The van der Waals surface area contributed by atoms with Crippen LogP contribution in [-0.4, -0.2) is 0 Å². The van der Waals surface area contributed by atoms with Gasteiger partial charge in [0.25, 0.3) is 0 Å². The van der Waals surface area contributed by atoms with Crippen molar-refractivity contribution < 1.29 is 0 Å². The molecule has 0 nitrogen and oxygen atoms in total. The summed E-state index contributed by atoms with van der Waals surface area (Å²) in [6, 6.07) is 19.5. The zero-order valence-corrected chi connectivity index (χ0v) is 24.3. The van der Waals surface area contributed by atoms with Crippen molar-refractivity contribution in [3.05, 3.63) is 101 Å². The fourth-order valence-electron chi connectivity index (χ4n) is 4.02. The van der Waals surface area contributed by atoms with Crippen molar-refractivity contribution in [2.45, 2.75) is 107 Å². The second kappa shape index (κ2) is 21.0. The molecule has 1 atom stereocenters. The van der Waals surface area contributed by atoms with Crippen molar-refractivity contribution in [2.24, 2.45) is 5.92 Å². The molecule has 0 saturated heterocycles. The minimum absolute atomic E-state index is 0.773. The first-order chi connectivity index (χ1) is 16.9. The summed E-state index contributed by atoms with van der Waals surface area (Å²) in [7, 11) is 0. The first kappa shape index (κ1) is 32.7. The monoisotopic (exact) mass is 474 g/mol. The third kappa shape index (κ3) is 14.6. The molecule has 0 spiro atoms. The summed E-state index contributed by atoms with van der Waals surface area (Å²) in [4.78, 5) is 0. The zero-order valence-electron chi connectivity index (χ0n) is 24.3. The van der Waals surface area contributed by atoms with Crippen LogP contribution in [0.4, 0.5) is 0 Å². The summed E-state index contributed by atoms with van der Waals surface area (Å²) in [6.07, 6.45) is 14.3. The molecular weight excluding hydrogens is 420 g/mol. The van der Waals surface area contributed by atoms with Gasteiger partial charge in [-0.25, -0.2) is 0 Å². The molecule has 2 aromatic rings. The highest BCUT2D eigenvalue weighted by Crippen LogP contribution is 2.26. The molecule has 0 heterocycles. The Morgan fingerprint density at radius 3 is 1.80 bits per heavy atom. The fourth-order valence-corrected chi connectivity index (χ4v) is 4.02. The third-order valence-electron chi connectivity index (χ3n) is 6.30. The Hall–Kier alpha value is -2.34. The number of aryl methyl sites for hydroxylation is 2. The number of rotatable bonds is 8. The van der Waals surface area contributed by atoms with Crippen molar-refractivity contribution >= 4 is 5.57 Å². The Morgan fingerprint density at radius 2 is 1.43 bits per heavy atom. The highest BCUT2D eigenvalue weighted by atomic mass is 14.1. The average molecular weight is 475 g/mol. The summed E-state index contributed by atoms with van der Waals surface area (Å²) < 4.78 is 0. The molecule has 0 amide bonds. The summed E-state index contributed by atoms with van der Waals surface area (Å²) >= 11 is 0. The number of benzene rings is 2. The molecule has 1 aliphatic rings. The molecule has 0 saturated carbocycles. The molecular formula is C35H54. The highest BCUT2D eigenvalue weighted by Gasteiger charge is 2.05. The van der Waals surface area contributed by atoms with Crippen molar-refractivity contribution in [2.75, 3.05) is 0 Å². The molecule has 1 unspecified atom stereocenters. The van der Waals surface area contributed by atoms with Gasteiger partial charge >= 0.3 is 0 Å². The number of hydrogen-bond donors (Lipinski definition) is 0. The largest absolute Gasteiger partial charge is 0.0999 e. The van der Waals surface area contributed by atoms with E-state index < -0.39 is 0 Å². The molecule has 0 N–H and O–H groups in total. The normalized spacial score (nSPS) is 12.8. The van der Waals surface area contributed by atoms with E-state index in [-0.39, 0.29) is 0 Å². The smallest absolute Gasteiger partial charge is 0.0211 e. The van der Waals surface area contributed by atoms with E-state index in [0.29, 0.717) is 0 Å². The Morgan fingerprint density at radius 1 is 0.800 bits per heavy atom. The lowest BCUT2D eigenvalue weighted by molar-refractivity contribution is 0.536. The van der Waals surface area contributed by atoms with Gasteiger partial charge in [-0.1, -0.05) is 139 Å². The van der Waals surface area contributed by atoms with Gasteiger partial charge in [0, 0.05) is 0 Å². The molecule has 3 rings (SSSR count). The summed E-state index contributed by atoms with van der Waals surface area (Å²) in [5, 5.41) is 0. The maximum Gasteiger partial charge on any atom is -0.0211 e. The lowest BCUT2D eigenvalue weighted by Crippen LogP contribution is -1.97. The van der Waals surface area contributed by atoms with Gasteiger partial charge < -0.3 is 0 Å². The van der Waals surface area contributed by atoms with Crippen molar-refractivity contribution in [3.63, 3.8) is 0 Å². The van der Waals surface area contributed by atoms with E-state index in [4.69, 9.17) is 0 Å². The van der Waals surface area contributed by atoms with Gasteiger partial charge in [0.15, 0.2) is 0 Å². The lowest BCUT2D eigenvalue weighted by Gasteiger charge is -2.12. The Labute approximate surface area is 219 Å². The molecule has 1 aliphatic carbocycles. The van der Waals surface area contributed by atoms with E-state index in [9.17, 15) is 0 Å². The van der Waals surface area contributed by atoms with Crippen LogP contribution < -0.4 is 0 Å². The van der Waals surface area contributed by atoms with E-state index in [2.05, 4.69) is 109 Å². The highest BCUT2D eigenvalue weighted by molar-refractivity contribution is 5.68. The molecule has 0 heteroatoms. The standard InChI is InChI=1S/C16H20.C9H18.C8H10.C2H6/c1-3-4-14-7-11-16(12-8-14)15-9-5-13(2)6-10-15;1-5-7-9(6-2)8(3)4;1-2-8-6-4-3-5-7-8;1-2/h5,7-9,11-12H,3-4,6,10H2,1-2H3;9H,3,5-7H2,1-2,4H3;3-7H,2H2,1H3;1-2H3. The van der Waals surface area contributed by atoms with Crippen LogP contribution in [0.25, 0.3) is 5.57 Å². The van der Waals surface area contributed by atoms with Gasteiger partial charge in [-0.2, -0.15) is 0 Å². The molecule has 35 heavy (non-hydrogen) atoms. The average Bonchev–Trinajstić information content (AvgIpc) is 2.90. The topological polar surface area (TPSA) is 0 Å². The SMILES string of the molecule is C=C(C)C(CC)CCC.CC.CCCc1ccc(C2=CC=C(C)CC2)cc1.CCc1ccccc1. The molecule has 2 aromatic carbocycles. The minimum atomic E-state index is 0.773. The van der Waals surface area contributed by atoms with Gasteiger partial charge in [0.2, 0.25) is 0 Å². The van der Waals surface area contributed by atoms with Crippen LogP contribution in [0.5, 0.6) is 0 Å². The Kier molecular flexibility index (Phi) is 19.6. The Balaban J connectivity index is 0.000000520. The molecule has 194 valence electrons. The van der Waals surface area contributed by atoms with Gasteiger partial charge in [-0.05, 0) is 80.6 Å². The number of allylic oxidation sites excluding steroid dienone is 5. The molecule has 0 aliphatic heterocycles. The van der Waals surface area contributed by atoms with Gasteiger partial charge in [-0.15, -0.1) is 0 Å². The second-order valence-corrected chi connectivity index (χ2v) is 9.23. The van der Waals surface area contributed by atoms with Crippen molar-refractivity contribution in [1.82, 2.24) is 0 Å². The minimum Gasteiger partial charge on any atom is -0.0999 e. The van der Waals surface area contributed by atoms with Crippen LogP contribution in [0.15, 0.2) is 84.5 Å². The van der Waals surface area contributed by atoms with Crippen LogP contribution in [0, 0.1) is 5.92 Å². The second-order valence-electron chi connectivity index (χ2n) is 9.23. The molecule has 0 bridgehead atoms. The van der Waals surface area contributed by atoms with Crippen LogP contribution in [0.3, 0.4) is 0 Å². The molecule has 0 aromatic heterocycles. The van der Waals surface area contributed by atoms with E-state index in [0.717, 1.165) is 12.3 Å². The quantitative estimate of drug-likeness (QED) is 0.334. The van der Waals surface area contributed by atoms with Crippen LogP contribution in [0.1, 0.15) is 111 Å². The third-order valence-corrected chi connectivity index (χ3v) is 6.30. The predicted octanol–water partition coefficient (Wildman–Crippen LogP) is 11.4. The zero-order chi connectivity index (χ0) is 26.5. The predicted molar refractivity (Wildman–Crippen MR) is 162 cm³/mol. The number of hydrogen-bond acceptors (Lipinski definition) is 0. The molecule has 0 fully saturated rings. The van der Waals surface area contributed by atoms with Crippen LogP contribution in [-0.2, 0) is 12.8 Å². The summed E-state index contributed by atoms with van der Waals surface area (Å²) in [6.45, 7) is 21.1. The van der Waals surface area contributed by atoms with Crippen LogP contribution in [0.2, 0.25) is 0 Å². The van der Waals surface area contributed by atoms with Crippen molar-refractivity contribution in [1.29, 1.82) is 0 Å². The first-order valence-electron chi connectivity index (χ1n) is 14.1. The van der Waals surface area contributed by atoms with Gasteiger partial charge in [0.1, 0.15) is 0 Å². The maximum absolute atomic E-state index is 3.94. The van der Waals surface area contributed by atoms with Crippen LogP contribution >= 0.6 is 0 Å².